The molecule has 7 heavy (non-hydrogen) atoms. The van der Waals surface area contributed by atoms with Gasteiger partial charge in [-0.05, 0) is 12.5 Å². The first kappa shape index (κ1) is 6.50. The molecule has 2 heteroatoms. The van der Waals surface area contributed by atoms with Gasteiger partial charge in [0.2, 0.25) is 10.5 Å². The van der Waals surface area contributed by atoms with Crippen molar-refractivity contribution in [1.29, 1.82) is 0 Å². The SMILES string of the molecule is C=CCC=CO[SiH3]. The minimum absolute atomic E-state index is 0.785. The van der Waals surface area contributed by atoms with Crippen molar-refractivity contribution in [3.05, 3.63) is 25.0 Å². The quantitative estimate of drug-likeness (QED) is 0.293. The number of rotatable bonds is 3. The summed E-state index contributed by atoms with van der Waals surface area (Å²) in [7, 11) is 0.785. The molecule has 0 amide bonds. The molecule has 0 aliphatic carbocycles. The van der Waals surface area contributed by atoms with Crippen LogP contribution in [0.5, 0.6) is 0 Å². The summed E-state index contributed by atoms with van der Waals surface area (Å²) in [6, 6.07) is 0. The van der Waals surface area contributed by atoms with Gasteiger partial charge >= 0.3 is 0 Å². The molecule has 0 aromatic heterocycles. The van der Waals surface area contributed by atoms with E-state index in [0.717, 1.165) is 16.9 Å². The zero-order chi connectivity index (χ0) is 5.54. The largest absolute Gasteiger partial charge is 0.559 e. The highest BCUT2D eigenvalue weighted by atomic mass is 28.2. The van der Waals surface area contributed by atoms with Crippen LogP contribution >= 0.6 is 0 Å². The lowest BCUT2D eigenvalue weighted by Crippen LogP contribution is -1.65. The minimum atomic E-state index is 0.785. The predicted molar refractivity (Wildman–Crippen MR) is 35.0 cm³/mol. The molecule has 0 spiro atoms. The maximum absolute atomic E-state index is 4.75. The molecule has 0 saturated heterocycles. The highest BCUT2D eigenvalue weighted by Gasteiger charge is 1.62. The fourth-order valence-corrected chi connectivity index (χ4v) is 0.440. The monoisotopic (exact) mass is 114 g/mol. The summed E-state index contributed by atoms with van der Waals surface area (Å²) in [5.41, 5.74) is 0. The molecule has 40 valence electrons. The summed E-state index contributed by atoms with van der Waals surface area (Å²) < 4.78 is 4.75. The van der Waals surface area contributed by atoms with Gasteiger partial charge in [-0.2, -0.15) is 0 Å². The van der Waals surface area contributed by atoms with E-state index in [1.165, 1.54) is 0 Å². The van der Waals surface area contributed by atoms with Gasteiger partial charge in [0.15, 0.2) is 0 Å². The third-order valence-electron chi connectivity index (χ3n) is 0.535. The molecule has 0 rings (SSSR count). The molecule has 0 heterocycles. The number of hydrogen-bond donors (Lipinski definition) is 0. The molecular weight excluding hydrogens is 104 g/mol. The molecule has 0 aliphatic rings. The van der Waals surface area contributed by atoms with Crippen molar-refractivity contribution in [2.24, 2.45) is 0 Å². The van der Waals surface area contributed by atoms with E-state index in [2.05, 4.69) is 6.58 Å². The van der Waals surface area contributed by atoms with Crippen molar-refractivity contribution in [1.82, 2.24) is 0 Å². The van der Waals surface area contributed by atoms with Crippen molar-refractivity contribution in [2.45, 2.75) is 6.42 Å². The second-order valence-electron chi connectivity index (χ2n) is 1.13. The lowest BCUT2D eigenvalue weighted by Gasteiger charge is -1.82. The number of allylic oxidation sites excluding steroid dienone is 2. The second kappa shape index (κ2) is 5.50. The molecule has 0 fully saturated rings. The highest BCUT2D eigenvalue weighted by Crippen LogP contribution is 1.80. The van der Waals surface area contributed by atoms with Gasteiger partial charge in [-0.15, -0.1) is 6.58 Å². The zero-order valence-electron chi connectivity index (χ0n) is 4.55. The van der Waals surface area contributed by atoms with Crippen molar-refractivity contribution in [2.75, 3.05) is 0 Å². The predicted octanol–water partition coefficient (Wildman–Crippen LogP) is 0.373. The molecule has 0 unspecified atom stereocenters. The van der Waals surface area contributed by atoms with Crippen LogP contribution in [0.25, 0.3) is 0 Å². The zero-order valence-corrected chi connectivity index (χ0v) is 6.55. The van der Waals surface area contributed by atoms with E-state index >= 15 is 0 Å². The van der Waals surface area contributed by atoms with E-state index in [1.54, 1.807) is 6.26 Å². The van der Waals surface area contributed by atoms with Crippen LogP contribution in [0.15, 0.2) is 25.0 Å². The maximum atomic E-state index is 4.75. The Morgan fingerprint density at radius 1 is 1.71 bits per heavy atom. The molecule has 0 radical (unpaired) electrons. The van der Waals surface area contributed by atoms with Gasteiger partial charge in [0.05, 0.1) is 6.26 Å². The second-order valence-corrected chi connectivity index (χ2v) is 1.60. The lowest BCUT2D eigenvalue weighted by atomic mass is 10.4. The van der Waals surface area contributed by atoms with Crippen molar-refractivity contribution >= 4 is 10.5 Å². The van der Waals surface area contributed by atoms with Gasteiger partial charge in [0.25, 0.3) is 0 Å². The molecule has 0 N–H and O–H groups in total. The van der Waals surface area contributed by atoms with Gasteiger partial charge in [0, 0.05) is 0 Å². The van der Waals surface area contributed by atoms with Crippen LogP contribution in [0.3, 0.4) is 0 Å². The lowest BCUT2D eigenvalue weighted by molar-refractivity contribution is 0.533. The Labute approximate surface area is 47.2 Å². The van der Waals surface area contributed by atoms with Crippen LogP contribution in [-0.2, 0) is 4.43 Å². The Morgan fingerprint density at radius 3 is 2.86 bits per heavy atom. The van der Waals surface area contributed by atoms with Gasteiger partial charge in [-0.1, -0.05) is 6.08 Å². The molecule has 0 aromatic rings. The summed E-state index contributed by atoms with van der Waals surface area (Å²) in [5, 5.41) is 0. The molecule has 0 saturated carbocycles. The minimum Gasteiger partial charge on any atom is -0.559 e. The first-order valence-corrected chi connectivity index (χ1v) is 3.02. The van der Waals surface area contributed by atoms with Gasteiger partial charge in [-0.3, -0.25) is 0 Å². The molecule has 0 bridgehead atoms. The van der Waals surface area contributed by atoms with E-state index < -0.39 is 0 Å². The van der Waals surface area contributed by atoms with Crippen LogP contribution in [0.4, 0.5) is 0 Å². The van der Waals surface area contributed by atoms with Gasteiger partial charge in [-0.25, -0.2) is 0 Å². The summed E-state index contributed by atoms with van der Waals surface area (Å²) in [6.45, 7) is 3.54. The van der Waals surface area contributed by atoms with Crippen molar-refractivity contribution < 1.29 is 4.43 Å². The molecular formula is C5H10OSi. The fourth-order valence-electron chi connectivity index (χ4n) is 0.248. The van der Waals surface area contributed by atoms with Crippen LogP contribution < -0.4 is 0 Å². The van der Waals surface area contributed by atoms with Gasteiger partial charge in [0.1, 0.15) is 0 Å². The Hall–Kier alpha value is -0.503. The van der Waals surface area contributed by atoms with E-state index in [9.17, 15) is 0 Å². The average molecular weight is 114 g/mol. The summed E-state index contributed by atoms with van der Waals surface area (Å²) in [4.78, 5) is 0. The Balaban J connectivity index is 2.92. The Morgan fingerprint density at radius 2 is 2.43 bits per heavy atom. The van der Waals surface area contributed by atoms with Crippen LogP contribution in [0, 0.1) is 0 Å². The van der Waals surface area contributed by atoms with Crippen LogP contribution in [0.1, 0.15) is 6.42 Å². The standard InChI is InChI=1S/C5H10OSi/c1-2-3-4-5-6-7/h2,4-5H,1,3H2,7H3. The van der Waals surface area contributed by atoms with E-state index in [-0.39, 0.29) is 0 Å². The maximum Gasteiger partial charge on any atom is 0.203 e. The van der Waals surface area contributed by atoms with E-state index in [0.29, 0.717) is 0 Å². The Bertz CT molecular complexity index is 68.5. The van der Waals surface area contributed by atoms with Crippen LogP contribution in [-0.4, -0.2) is 10.5 Å². The highest BCUT2D eigenvalue weighted by molar-refractivity contribution is 5.98. The summed E-state index contributed by atoms with van der Waals surface area (Å²) in [5.74, 6) is 0. The number of hydrogen-bond acceptors (Lipinski definition) is 1. The van der Waals surface area contributed by atoms with Crippen LogP contribution in [0.2, 0.25) is 0 Å². The molecule has 0 aromatic carbocycles. The van der Waals surface area contributed by atoms with Crippen molar-refractivity contribution in [3.8, 4) is 0 Å². The molecule has 0 aliphatic heterocycles. The topological polar surface area (TPSA) is 9.23 Å². The van der Waals surface area contributed by atoms with E-state index in [4.69, 9.17) is 4.43 Å². The Kier molecular flexibility index (Phi) is 5.10. The first-order chi connectivity index (χ1) is 3.41. The van der Waals surface area contributed by atoms with E-state index in [1.807, 2.05) is 12.2 Å². The summed E-state index contributed by atoms with van der Waals surface area (Å²) >= 11 is 0. The fraction of sp³-hybridized carbons (Fsp3) is 0.200. The first-order valence-electron chi connectivity index (χ1n) is 2.20. The summed E-state index contributed by atoms with van der Waals surface area (Å²) in [6.07, 6.45) is 6.37. The van der Waals surface area contributed by atoms with Crippen molar-refractivity contribution in [3.63, 3.8) is 0 Å². The average Bonchev–Trinajstić information content (AvgIpc) is 1.69. The molecule has 1 nitrogen and oxygen atoms in total. The third-order valence-corrected chi connectivity index (χ3v) is 0.807. The normalized spacial score (nSPS) is 9.71. The third kappa shape index (κ3) is 5.50. The van der Waals surface area contributed by atoms with Gasteiger partial charge < -0.3 is 4.43 Å². The smallest absolute Gasteiger partial charge is 0.203 e. The molecule has 0 atom stereocenters.